The number of para-hydroxylation sites is 1. The Labute approximate surface area is 110 Å². The highest BCUT2D eigenvalue weighted by molar-refractivity contribution is 5.46. The van der Waals surface area contributed by atoms with Crippen molar-refractivity contribution in [3.05, 3.63) is 36.4 Å². The fourth-order valence-corrected chi connectivity index (χ4v) is 1.60. The molecule has 1 aromatic rings. The van der Waals surface area contributed by atoms with Crippen LogP contribution in [-0.4, -0.2) is 19.8 Å². The number of hydrogen-bond acceptors (Lipinski definition) is 3. The van der Waals surface area contributed by atoms with Crippen molar-refractivity contribution in [3.8, 4) is 11.5 Å². The molecule has 100 valence electrons. The highest BCUT2D eigenvalue weighted by atomic mass is 16.5. The van der Waals surface area contributed by atoms with Crippen LogP contribution in [0.3, 0.4) is 0 Å². The van der Waals surface area contributed by atoms with Crippen LogP contribution in [0.4, 0.5) is 0 Å². The summed E-state index contributed by atoms with van der Waals surface area (Å²) in [6.07, 6.45) is 2.84. The topological polar surface area (TPSA) is 30.5 Å². The van der Waals surface area contributed by atoms with Crippen LogP contribution in [0.25, 0.3) is 0 Å². The van der Waals surface area contributed by atoms with Gasteiger partial charge in [0.05, 0.1) is 7.11 Å². The molecular formula is C15H23NO2. The minimum absolute atomic E-state index is 0.483. The van der Waals surface area contributed by atoms with E-state index in [4.69, 9.17) is 9.47 Å². The molecule has 3 heteroatoms. The van der Waals surface area contributed by atoms with Gasteiger partial charge in [-0.2, -0.15) is 0 Å². The lowest BCUT2D eigenvalue weighted by atomic mass is 10.1. The SMILES string of the molecule is C=CCOc1c(CN[C@@H](C)CC)cccc1OC. The Morgan fingerprint density at radius 1 is 1.44 bits per heavy atom. The molecule has 0 saturated heterocycles. The summed E-state index contributed by atoms with van der Waals surface area (Å²) in [7, 11) is 1.65. The zero-order valence-electron chi connectivity index (χ0n) is 11.5. The maximum absolute atomic E-state index is 5.69. The minimum Gasteiger partial charge on any atom is -0.493 e. The van der Waals surface area contributed by atoms with Gasteiger partial charge in [0.2, 0.25) is 0 Å². The third kappa shape index (κ3) is 4.08. The number of hydrogen-bond donors (Lipinski definition) is 1. The summed E-state index contributed by atoms with van der Waals surface area (Å²) in [4.78, 5) is 0. The van der Waals surface area contributed by atoms with Crippen LogP contribution < -0.4 is 14.8 Å². The molecule has 0 spiro atoms. The van der Waals surface area contributed by atoms with E-state index in [2.05, 4.69) is 31.8 Å². The Kier molecular flexibility index (Phi) is 6.29. The first kappa shape index (κ1) is 14.6. The fourth-order valence-electron chi connectivity index (χ4n) is 1.60. The standard InChI is InChI=1S/C15H23NO2/c1-5-10-18-15-13(11-16-12(3)6-2)8-7-9-14(15)17-4/h5,7-9,12,16H,1,6,10-11H2,2-4H3/t12-/m0/s1. The number of ether oxygens (including phenoxy) is 2. The van der Waals surface area contributed by atoms with E-state index in [-0.39, 0.29) is 0 Å². The average molecular weight is 249 g/mol. The van der Waals surface area contributed by atoms with E-state index in [0.717, 1.165) is 30.0 Å². The van der Waals surface area contributed by atoms with Crippen molar-refractivity contribution in [2.75, 3.05) is 13.7 Å². The van der Waals surface area contributed by atoms with E-state index in [1.54, 1.807) is 13.2 Å². The molecule has 0 radical (unpaired) electrons. The lowest BCUT2D eigenvalue weighted by Gasteiger charge is -2.16. The van der Waals surface area contributed by atoms with Gasteiger partial charge in [-0.3, -0.25) is 0 Å². The summed E-state index contributed by atoms with van der Waals surface area (Å²) in [6.45, 7) is 9.26. The first-order chi connectivity index (χ1) is 8.72. The molecule has 1 atom stereocenters. The van der Waals surface area contributed by atoms with Crippen molar-refractivity contribution in [1.29, 1.82) is 0 Å². The monoisotopic (exact) mass is 249 g/mol. The summed E-state index contributed by atoms with van der Waals surface area (Å²) in [6, 6.07) is 6.43. The van der Waals surface area contributed by atoms with E-state index in [1.165, 1.54) is 0 Å². The van der Waals surface area contributed by atoms with Crippen LogP contribution >= 0.6 is 0 Å². The van der Waals surface area contributed by atoms with Crippen LogP contribution in [0.2, 0.25) is 0 Å². The molecule has 1 rings (SSSR count). The van der Waals surface area contributed by atoms with Gasteiger partial charge < -0.3 is 14.8 Å². The predicted molar refractivity (Wildman–Crippen MR) is 75.3 cm³/mol. The largest absolute Gasteiger partial charge is 0.493 e. The second-order valence-electron chi connectivity index (χ2n) is 4.24. The zero-order chi connectivity index (χ0) is 13.4. The highest BCUT2D eigenvalue weighted by Crippen LogP contribution is 2.31. The molecule has 0 aliphatic heterocycles. The average Bonchev–Trinajstić information content (AvgIpc) is 2.42. The smallest absolute Gasteiger partial charge is 0.166 e. The Morgan fingerprint density at radius 3 is 2.83 bits per heavy atom. The molecule has 0 bridgehead atoms. The third-order valence-corrected chi connectivity index (χ3v) is 2.88. The van der Waals surface area contributed by atoms with Crippen LogP contribution in [-0.2, 0) is 6.54 Å². The van der Waals surface area contributed by atoms with Gasteiger partial charge in [0.15, 0.2) is 11.5 Å². The molecule has 3 nitrogen and oxygen atoms in total. The van der Waals surface area contributed by atoms with Gasteiger partial charge in [-0.05, 0) is 19.4 Å². The molecule has 1 aromatic carbocycles. The summed E-state index contributed by atoms with van der Waals surface area (Å²) >= 11 is 0. The Morgan fingerprint density at radius 2 is 2.22 bits per heavy atom. The van der Waals surface area contributed by atoms with Crippen LogP contribution in [0.1, 0.15) is 25.8 Å². The number of rotatable bonds is 8. The Bertz CT molecular complexity index is 377. The van der Waals surface area contributed by atoms with Gasteiger partial charge in [-0.25, -0.2) is 0 Å². The van der Waals surface area contributed by atoms with E-state index >= 15 is 0 Å². The van der Waals surface area contributed by atoms with E-state index in [0.29, 0.717) is 12.6 Å². The van der Waals surface area contributed by atoms with Crippen molar-refractivity contribution in [2.24, 2.45) is 0 Å². The summed E-state index contributed by atoms with van der Waals surface area (Å²) < 4.78 is 11.0. The molecule has 0 aliphatic carbocycles. The van der Waals surface area contributed by atoms with Crippen molar-refractivity contribution in [2.45, 2.75) is 32.9 Å². The van der Waals surface area contributed by atoms with Gasteiger partial charge in [0.1, 0.15) is 6.61 Å². The maximum atomic E-state index is 5.69. The van der Waals surface area contributed by atoms with E-state index in [1.807, 2.05) is 12.1 Å². The Hall–Kier alpha value is -1.48. The van der Waals surface area contributed by atoms with Crippen LogP contribution in [0.5, 0.6) is 11.5 Å². The van der Waals surface area contributed by atoms with Gasteiger partial charge >= 0.3 is 0 Å². The molecule has 0 fully saturated rings. The first-order valence-electron chi connectivity index (χ1n) is 6.35. The van der Waals surface area contributed by atoms with Gasteiger partial charge in [0, 0.05) is 18.2 Å². The van der Waals surface area contributed by atoms with Crippen molar-refractivity contribution < 1.29 is 9.47 Å². The zero-order valence-corrected chi connectivity index (χ0v) is 11.5. The number of nitrogens with one attached hydrogen (secondary N) is 1. The van der Waals surface area contributed by atoms with Gasteiger partial charge in [-0.15, -0.1) is 0 Å². The van der Waals surface area contributed by atoms with Crippen LogP contribution in [0.15, 0.2) is 30.9 Å². The van der Waals surface area contributed by atoms with Gasteiger partial charge in [-0.1, -0.05) is 31.7 Å². The molecule has 0 heterocycles. The molecule has 1 N–H and O–H groups in total. The molecule has 0 aromatic heterocycles. The fraction of sp³-hybridized carbons (Fsp3) is 0.467. The molecule has 0 amide bonds. The lowest BCUT2D eigenvalue weighted by molar-refractivity contribution is 0.321. The molecule has 0 unspecified atom stereocenters. The van der Waals surface area contributed by atoms with Crippen LogP contribution in [0, 0.1) is 0 Å². The summed E-state index contributed by atoms with van der Waals surface area (Å²) in [5.41, 5.74) is 1.11. The second-order valence-corrected chi connectivity index (χ2v) is 4.24. The van der Waals surface area contributed by atoms with E-state index < -0.39 is 0 Å². The summed E-state index contributed by atoms with van der Waals surface area (Å²) in [5, 5.41) is 3.46. The Balaban J connectivity index is 2.83. The second kappa shape index (κ2) is 7.77. The van der Waals surface area contributed by atoms with Gasteiger partial charge in [0.25, 0.3) is 0 Å². The normalized spacial score (nSPS) is 11.9. The van der Waals surface area contributed by atoms with Crippen molar-refractivity contribution in [3.63, 3.8) is 0 Å². The highest BCUT2D eigenvalue weighted by Gasteiger charge is 2.10. The summed E-state index contributed by atoms with van der Waals surface area (Å²) in [5.74, 6) is 1.57. The van der Waals surface area contributed by atoms with E-state index in [9.17, 15) is 0 Å². The lowest BCUT2D eigenvalue weighted by Crippen LogP contribution is -2.24. The number of methoxy groups -OCH3 is 1. The molecule has 0 aliphatic rings. The molecular weight excluding hydrogens is 226 g/mol. The van der Waals surface area contributed by atoms with Crippen molar-refractivity contribution in [1.82, 2.24) is 5.32 Å². The third-order valence-electron chi connectivity index (χ3n) is 2.88. The molecule has 18 heavy (non-hydrogen) atoms. The minimum atomic E-state index is 0.483. The number of benzene rings is 1. The quantitative estimate of drug-likeness (QED) is 0.718. The van der Waals surface area contributed by atoms with Crippen molar-refractivity contribution >= 4 is 0 Å². The first-order valence-corrected chi connectivity index (χ1v) is 6.35. The molecule has 0 saturated carbocycles. The predicted octanol–water partition coefficient (Wildman–Crippen LogP) is 3.15. The maximum Gasteiger partial charge on any atom is 0.166 e.